The van der Waals surface area contributed by atoms with E-state index in [1.807, 2.05) is 17.9 Å². The molecular weight excluding hydrogens is 308 g/mol. The molecule has 3 rings (SSSR count). The third kappa shape index (κ3) is 4.48. The van der Waals surface area contributed by atoms with Crippen LogP contribution in [0, 0.1) is 12.8 Å². The van der Waals surface area contributed by atoms with Crippen LogP contribution in [0.3, 0.4) is 0 Å². The smallest absolute Gasteiger partial charge is 0.317 e. The number of rotatable bonds is 4. The van der Waals surface area contributed by atoms with Crippen LogP contribution in [0.5, 0.6) is 0 Å². The Kier molecular flexibility index (Phi) is 5.73. The van der Waals surface area contributed by atoms with E-state index in [1.54, 1.807) is 0 Å². The molecule has 0 bridgehead atoms. The van der Waals surface area contributed by atoms with E-state index >= 15 is 0 Å². The van der Waals surface area contributed by atoms with Crippen molar-refractivity contribution in [1.82, 2.24) is 20.3 Å². The lowest BCUT2D eigenvalue weighted by atomic mass is 9.95. The standard InChI is InChI=1S/C17H28N4O3/c1-13-10-16(24-19-13)11-20-5-7-21(8-6-20)17(22)18-14(2)15-4-3-9-23-12-15/h10,14-15H,3-9,11-12H2,1-2H3,(H,18,22). The molecule has 0 saturated carbocycles. The molecule has 0 spiro atoms. The Labute approximate surface area is 143 Å². The largest absolute Gasteiger partial charge is 0.381 e. The van der Waals surface area contributed by atoms with E-state index in [-0.39, 0.29) is 12.1 Å². The quantitative estimate of drug-likeness (QED) is 0.905. The number of amides is 2. The summed E-state index contributed by atoms with van der Waals surface area (Å²) < 4.78 is 10.8. The third-order valence-corrected chi connectivity index (χ3v) is 4.97. The molecular formula is C17H28N4O3. The SMILES string of the molecule is Cc1cc(CN2CCN(C(=O)NC(C)C3CCCOC3)CC2)on1. The first-order valence-corrected chi connectivity index (χ1v) is 8.89. The van der Waals surface area contributed by atoms with Crippen molar-refractivity contribution in [2.24, 2.45) is 5.92 Å². The number of carbonyl (C=O) groups is 1. The highest BCUT2D eigenvalue weighted by molar-refractivity contribution is 5.74. The second-order valence-corrected chi connectivity index (χ2v) is 6.91. The second kappa shape index (κ2) is 7.98. The van der Waals surface area contributed by atoms with Crippen LogP contribution in [0.25, 0.3) is 0 Å². The zero-order valence-corrected chi connectivity index (χ0v) is 14.7. The maximum atomic E-state index is 12.4. The molecule has 1 aromatic rings. The van der Waals surface area contributed by atoms with Gasteiger partial charge in [0.1, 0.15) is 0 Å². The van der Waals surface area contributed by atoms with Crippen molar-refractivity contribution in [1.29, 1.82) is 0 Å². The zero-order chi connectivity index (χ0) is 16.9. The van der Waals surface area contributed by atoms with E-state index in [2.05, 4.69) is 22.3 Å². The fourth-order valence-corrected chi connectivity index (χ4v) is 3.38. The van der Waals surface area contributed by atoms with Crippen molar-refractivity contribution in [3.8, 4) is 0 Å². The van der Waals surface area contributed by atoms with Gasteiger partial charge in [-0.25, -0.2) is 4.79 Å². The molecule has 2 saturated heterocycles. The van der Waals surface area contributed by atoms with Gasteiger partial charge in [0, 0.05) is 50.8 Å². The first kappa shape index (κ1) is 17.2. The highest BCUT2D eigenvalue weighted by Crippen LogP contribution is 2.17. The van der Waals surface area contributed by atoms with Gasteiger partial charge in [-0.15, -0.1) is 0 Å². The maximum absolute atomic E-state index is 12.4. The average Bonchev–Trinajstić information content (AvgIpc) is 3.01. The number of urea groups is 1. The Bertz CT molecular complexity index is 534. The summed E-state index contributed by atoms with van der Waals surface area (Å²) in [7, 11) is 0. The molecule has 0 radical (unpaired) electrons. The maximum Gasteiger partial charge on any atom is 0.317 e. The molecule has 1 aromatic heterocycles. The van der Waals surface area contributed by atoms with E-state index in [0.717, 1.165) is 70.2 Å². The number of aryl methyl sites for hydroxylation is 1. The van der Waals surface area contributed by atoms with Crippen LogP contribution in [-0.4, -0.2) is 66.4 Å². The van der Waals surface area contributed by atoms with Gasteiger partial charge in [-0.05, 0) is 26.7 Å². The molecule has 134 valence electrons. The summed E-state index contributed by atoms with van der Waals surface area (Å²) >= 11 is 0. The minimum Gasteiger partial charge on any atom is -0.381 e. The van der Waals surface area contributed by atoms with Crippen molar-refractivity contribution < 1.29 is 14.1 Å². The fourth-order valence-electron chi connectivity index (χ4n) is 3.38. The van der Waals surface area contributed by atoms with Gasteiger partial charge in [0.25, 0.3) is 0 Å². The lowest BCUT2D eigenvalue weighted by molar-refractivity contribution is 0.0419. The van der Waals surface area contributed by atoms with Crippen molar-refractivity contribution >= 4 is 6.03 Å². The predicted molar refractivity (Wildman–Crippen MR) is 89.6 cm³/mol. The molecule has 2 unspecified atom stereocenters. The lowest BCUT2D eigenvalue weighted by Crippen LogP contribution is -2.54. The Hall–Kier alpha value is -1.60. The van der Waals surface area contributed by atoms with Gasteiger partial charge >= 0.3 is 6.03 Å². The number of nitrogens with one attached hydrogen (secondary N) is 1. The molecule has 1 N–H and O–H groups in total. The number of hydrogen-bond acceptors (Lipinski definition) is 5. The molecule has 2 aliphatic heterocycles. The molecule has 2 atom stereocenters. The van der Waals surface area contributed by atoms with Gasteiger partial charge in [0.15, 0.2) is 5.76 Å². The Balaban J connectivity index is 1.41. The fraction of sp³-hybridized carbons (Fsp3) is 0.765. The number of hydrogen-bond donors (Lipinski definition) is 1. The van der Waals surface area contributed by atoms with Crippen LogP contribution in [-0.2, 0) is 11.3 Å². The number of nitrogens with zero attached hydrogens (tertiary/aromatic N) is 3. The Morgan fingerprint density at radius 1 is 1.42 bits per heavy atom. The first-order chi connectivity index (χ1) is 11.6. The topological polar surface area (TPSA) is 70.8 Å². The van der Waals surface area contributed by atoms with Crippen molar-refractivity contribution in [3.05, 3.63) is 17.5 Å². The molecule has 0 aliphatic carbocycles. The van der Waals surface area contributed by atoms with Crippen LogP contribution in [0.2, 0.25) is 0 Å². The summed E-state index contributed by atoms with van der Waals surface area (Å²) in [6.45, 7) is 9.57. The normalized spacial score (nSPS) is 23.9. The van der Waals surface area contributed by atoms with Gasteiger partial charge in [0.05, 0.1) is 18.8 Å². The van der Waals surface area contributed by atoms with Crippen molar-refractivity contribution in [2.75, 3.05) is 39.4 Å². The van der Waals surface area contributed by atoms with Crippen LogP contribution < -0.4 is 5.32 Å². The second-order valence-electron chi connectivity index (χ2n) is 6.91. The minimum absolute atomic E-state index is 0.0447. The Morgan fingerprint density at radius 3 is 2.83 bits per heavy atom. The van der Waals surface area contributed by atoms with Crippen LogP contribution in [0.4, 0.5) is 4.79 Å². The molecule has 2 aliphatic rings. The van der Waals surface area contributed by atoms with Gasteiger partial charge in [-0.2, -0.15) is 0 Å². The summed E-state index contributed by atoms with van der Waals surface area (Å²) in [6, 6.07) is 2.17. The summed E-state index contributed by atoms with van der Waals surface area (Å²) in [4.78, 5) is 16.6. The molecule has 2 amide bonds. The lowest BCUT2D eigenvalue weighted by Gasteiger charge is -2.36. The average molecular weight is 336 g/mol. The van der Waals surface area contributed by atoms with Crippen LogP contribution in [0.15, 0.2) is 10.6 Å². The van der Waals surface area contributed by atoms with Crippen LogP contribution >= 0.6 is 0 Å². The minimum atomic E-state index is 0.0447. The molecule has 0 aromatic carbocycles. The number of aromatic nitrogens is 1. The Morgan fingerprint density at radius 2 is 2.21 bits per heavy atom. The van der Waals surface area contributed by atoms with Gasteiger partial charge in [0.2, 0.25) is 0 Å². The molecule has 24 heavy (non-hydrogen) atoms. The van der Waals surface area contributed by atoms with E-state index < -0.39 is 0 Å². The number of ether oxygens (including phenoxy) is 1. The van der Waals surface area contributed by atoms with Crippen molar-refractivity contribution in [3.63, 3.8) is 0 Å². The molecule has 7 heteroatoms. The van der Waals surface area contributed by atoms with Gasteiger partial charge in [-0.1, -0.05) is 5.16 Å². The highest BCUT2D eigenvalue weighted by Gasteiger charge is 2.26. The predicted octanol–water partition coefficient (Wildman–Crippen LogP) is 1.63. The molecule has 3 heterocycles. The summed E-state index contributed by atoms with van der Waals surface area (Å²) in [5.41, 5.74) is 0.906. The van der Waals surface area contributed by atoms with Gasteiger partial charge in [-0.3, -0.25) is 4.90 Å². The van der Waals surface area contributed by atoms with E-state index in [9.17, 15) is 4.79 Å². The summed E-state index contributed by atoms with van der Waals surface area (Å²) in [5.74, 6) is 1.31. The molecule has 2 fully saturated rings. The van der Waals surface area contributed by atoms with Crippen LogP contribution in [0.1, 0.15) is 31.2 Å². The summed E-state index contributed by atoms with van der Waals surface area (Å²) in [6.07, 6.45) is 2.22. The number of carbonyl (C=O) groups excluding carboxylic acids is 1. The highest BCUT2D eigenvalue weighted by atomic mass is 16.5. The first-order valence-electron chi connectivity index (χ1n) is 8.89. The number of piperazine rings is 1. The monoisotopic (exact) mass is 336 g/mol. The van der Waals surface area contributed by atoms with E-state index in [0.29, 0.717) is 5.92 Å². The third-order valence-electron chi connectivity index (χ3n) is 4.97. The molecule has 7 nitrogen and oxygen atoms in total. The zero-order valence-electron chi connectivity index (χ0n) is 14.7. The van der Waals surface area contributed by atoms with E-state index in [4.69, 9.17) is 9.26 Å². The van der Waals surface area contributed by atoms with Gasteiger partial charge < -0.3 is 19.5 Å². The summed E-state index contributed by atoms with van der Waals surface area (Å²) in [5, 5.41) is 7.06. The van der Waals surface area contributed by atoms with E-state index in [1.165, 1.54) is 0 Å². The van der Waals surface area contributed by atoms with Crippen molar-refractivity contribution in [2.45, 2.75) is 39.3 Å².